The minimum Gasteiger partial charge on any atom is -0.281 e. The van der Waals surface area contributed by atoms with Crippen molar-refractivity contribution in [3.63, 3.8) is 0 Å². The number of fused-ring (bicyclic) bond motifs is 1. The summed E-state index contributed by atoms with van der Waals surface area (Å²) in [5.41, 5.74) is 3.05. The van der Waals surface area contributed by atoms with Crippen LogP contribution < -0.4 is 5.56 Å². The van der Waals surface area contributed by atoms with Crippen molar-refractivity contribution in [2.24, 2.45) is 7.05 Å². The van der Waals surface area contributed by atoms with Crippen LogP contribution in [0.3, 0.4) is 0 Å². The Morgan fingerprint density at radius 1 is 1.04 bits per heavy atom. The van der Waals surface area contributed by atoms with Gasteiger partial charge in [0.15, 0.2) is 0 Å². The molecular weight excluding hydrogens is 341 g/mol. The van der Waals surface area contributed by atoms with Crippen LogP contribution in [0.1, 0.15) is 19.5 Å². The Labute approximate surface area is 157 Å². The molecule has 0 fully saturated rings. The zero-order valence-electron chi connectivity index (χ0n) is 15.9. The highest BCUT2D eigenvalue weighted by Gasteiger charge is 2.14. The molecule has 2 aromatic heterocycles. The normalized spacial score (nSPS) is 10.6. The molecule has 138 valence electrons. The highest BCUT2D eigenvalue weighted by molar-refractivity contribution is 5.96. The van der Waals surface area contributed by atoms with Crippen molar-refractivity contribution in [1.29, 1.82) is 0 Å². The van der Waals surface area contributed by atoms with E-state index in [0.29, 0.717) is 11.1 Å². The maximum absolute atomic E-state index is 13.3. The summed E-state index contributed by atoms with van der Waals surface area (Å²) in [4.78, 5) is 13.3. The van der Waals surface area contributed by atoms with Gasteiger partial charge < -0.3 is 0 Å². The smallest absolute Gasteiger partial charge is 0.263 e. The van der Waals surface area contributed by atoms with Crippen molar-refractivity contribution in [3.8, 4) is 16.8 Å². The van der Waals surface area contributed by atoms with Crippen LogP contribution in [0, 0.1) is 12.7 Å². The second kappa shape index (κ2) is 7.58. The zero-order valence-corrected chi connectivity index (χ0v) is 15.9. The Bertz CT molecular complexity index is 1140. The lowest BCUT2D eigenvalue weighted by Crippen LogP contribution is -2.21. The van der Waals surface area contributed by atoms with Crippen molar-refractivity contribution in [1.82, 2.24) is 14.3 Å². The molecule has 0 spiro atoms. The molecule has 0 N–H and O–H groups in total. The number of rotatable bonds is 2. The van der Waals surface area contributed by atoms with E-state index < -0.39 is 0 Å². The highest BCUT2D eigenvalue weighted by atomic mass is 19.1. The number of benzene rings is 2. The maximum atomic E-state index is 13.3. The average molecular weight is 363 g/mol. The average Bonchev–Trinajstić information content (AvgIpc) is 3.10. The second-order valence-electron chi connectivity index (χ2n) is 6.08. The summed E-state index contributed by atoms with van der Waals surface area (Å²) in [5.74, 6) is -0.328. The third-order valence-corrected chi connectivity index (χ3v) is 4.33. The monoisotopic (exact) mass is 363 g/mol. The largest absolute Gasteiger partial charge is 0.281 e. The van der Waals surface area contributed by atoms with Gasteiger partial charge in [-0.3, -0.25) is 14.0 Å². The summed E-state index contributed by atoms with van der Waals surface area (Å²) in [7, 11) is 1.84. The lowest BCUT2D eigenvalue weighted by molar-refractivity contribution is 0.627. The van der Waals surface area contributed by atoms with Gasteiger partial charge >= 0.3 is 0 Å². The lowest BCUT2D eigenvalue weighted by Gasteiger charge is -2.13. The van der Waals surface area contributed by atoms with Crippen LogP contribution in [0.25, 0.3) is 27.6 Å². The molecule has 0 aliphatic carbocycles. The first-order chi connectivity index (χ1) is 13.0. The fraction of sp³-hybridized carbons (Fsp3) is 0.182. The molecule has 27 heavy (non-hydrogen) atoms. The molecule has 0 unspecified atom stereocenters. The van der Waals surface area contributed by atoms with Crippen molar-refractivity contribution < 1.29 is 4.39 Å². The first-order valence-electron chi connectivity index (χ1n) is 8.95. The minimum atomic E-state index is -0.328. The Balaban J connectivity index is 0.00000102. The van der Waals surface area contributed by atoms with E-state index >= 15 is 0 Å². The number of nitrogens with zero attached hydrogens (tertiary/aromatic N) is 3. The second-order valence-corrected chi connectivity index (χ2v) is 6.08. The van der Waals surface area contributed by atoms with Gasteiger partial charge in [-0.1, -0.05) is 32.0 Å². The van der Waals surface area contributed by atoms with E-state index in [1.54, 1.807) is 27.6 Å². The van der Waals surface area contributed by atoms with Crippen LogP contribution >= 0.6 is 0 Å². The minimum absolute atomic E-state index is 0.124. The van der Waals surface area contributed by atoms with E-state index in [-0.39, 0.29) is 11.4 Å². The van der Waals surface area contributed by atoms with Gasteiger partial charge in [0.25, 0.3) is 5.56 Å². The van der Waals surface area contributed by atoms with Crippen LogP contribution in [0.5, 0.6) is 0 Å². The summed E-state index contributed by atoms with van der Waals surface area (Å²) >= 11 is 0. The van der Waals surface area contributed by atoms with Gasteiger partial charge in [-0.05, 0) is 48.2 Å². The van der Waals surface area contributed by atoms with E-state index in [1.807, 2.05) is 58.3 Å². The molecule has 0 aliphatic heterocycles. The molecule has 0 aliphatic rings. The van der Waals surface area contributed by atoms with Crippen molar-refractivity contribution in [2.45, 2.75) is 20.8 Å². The highest BCUT2D eigenvalue weighted by Crippen LogP contribution is 2.27. The molecule has 0 radical (unpaired) electrons. The molecule has 0 amide bonds. The predicted molar refractivity (Wildman–Crippen MR) is 108 cm³/mol. The topological polar surface area (TPSA) is 39.8 Å². The summed E-state index contributed by atoms with van der Waals surface area (Å²) in [6.07, 6.45) is 3.63. The number of aryl methyl sites for hydroxylation is 2. The fourth-order valence-corrected chi connectivity index (χ4v) is 3.20. The van der Waals surface area contributed by atoms with E-state index in [4.69, 9.17) is 0 Å². The number of pyridine rings is 1. The van der Waals surface area contributed by atoms with Gasteiger partial charge in [0, 0.05) is 30.2 Å². The molecule has 0 bridgehead atoms. The van der Waals surface area contributed by atoms with Gasteiger partial charge in [-0.25, -0.2) is 4.39 Å². The Morgan fingerprint density at radius 3 is 2.37 bits per heavy atom. The van der Waals surface area contributed by atoms with Crippen LogP contribution in [-0.2, 0) is 7.05 Å². The van der Waals surface area contributed by atoms with Gasteiger partial charge in [-0.2, -0.15) is 5.10 Å². The molecular formula is C22H22FN3O. The number of hydrogen-bond acceptors (Lipinski definition) is 2. The SMILES string of the molecule is CC.Cc1cc2cccc(-c3cnn(C)c3)c2c(=O)n1-c1ccc(F)cc1. The number of hydrogen-bond donors (Lipinski definition) is 0. The number of aromatic nitrogens is 3. The van der Waals surface area contributed by atoms with Gasteiger partial charge in [-0.15, -0.1) is 0 Å². The molecule has 4 rings (SSSR count). The number of halogens is 1. The fourth-order valence-electron chi connectivity index (χ4n) is 3.20. The Morgan fingerprint density at radius 2 is 1.74 bits per heavy atom. The standard InChI is InChI=1S/C20H16FN3O.C2H6/c1-13-10-14-4-3-5-18(15-11-22-23(2)12-15)19(14)20(25)24(13)17-8-6-16(21)7-9-17;1-2/h3-12H,1-2H3;1-2H3. The lowest BCUT2D eigenvalue weighted by atomic mass is 10.0. The molecule has 4 nitrogen and oxygen atoms in total. The maximum Gasteiger partial charge on any atom is 0.263 e. The molecule has 0 saturated carbocycles. The van der Waals surface area contributed by atoms with E-state index in [2.05, 4.69) is 5.10 Å². The van der Waals surface area contributed by atoms with Gasteiger partial charge in [0.05, 0.1) is 11.6 Å². The van der Waals surface area contributed by atoms with E-state index in [9.17, 15) is 9.18 Å². The summed E-state index contributed by atoms with van der Waals surface area (Å²) < 4.78 is 16.6. The van der Waals surface area contributed by atoms with Crippen LogP contribution in [0.2, 0.25) is 0 Å². The van der Waals surface area contributed by atoms with Crippen LogP contribution in [0.15, 0.2) is 65.7 Å². The van der Waals surface area contributed by atoms with Crippen molar-refractivity contribution in [3.05, 3.63) is 82.8 Å². The molecule has 2 aromatic carbocycles. The molecule has 4 aromatic rings. The zero-order chi connectivity index (χ0) is 19.6. The first kappa shape index (κ1) is 18.6. The molecule has 5 heteroatoms. The van der Waals surface area contributed by atoms with Crippen molar-refractivity contribution >= 4 is 10.8 Å². The Kier molecular flexibility index (Phi) is 5.21. The molecule has 0 atom stereocenters. The van der Waals surface area contributed by atoms with Gasteiger partial charge in [0.2, 0.25) is 0 Å². The molecule has 0 saturated heterocycles. The predicted octanol–water partition coefficient (Wildman–Crippen LogP) is 4.86. The third-order valence-electron chi connectivity index (χ3n) is 4.33. The van der Waals surface area contributed by atoms with E-state index in [0.717, 1.165) is 22.2 Å². The quantitative estimate of drug-likeness (QED) is 0.510. The Hall–Kier alpha value is -3.21. The summed E-state index contributed by atoms with van der Waals surface area (Å²) in [6, 6.07) is 13.7. The first-order valence-corrected chi connectivity index (χ1v) is 8.95. The van der Waals surface area contributed by atoms with Crippen LogP contribution in [-0.4, -0.2) is 14.3 Å². The van der Waals surface area contributed by atoms with E-state index in [1.165, 1.54) is 12.1 Å². The molecule has 2 heterocycles. The third kappa shape index (κ3) is 3.40. The van der Waals surface area contributed by atoms with Gasteiger partial charge in [0.1, 0.15) is 5.82 Å². The summed E-state index contributed by atoms with van der Waals surface area (Å²) in [5, 5.41) is 5.71. The van der Waals surface area contributed by atoms with Crippen LogP contribution in [0.4, 0.5) is 4.39 Å². The van der Waals surface area contributed by atoms with Crippen molar-refractivity contribution in [2.75, 3.05) is 0 Å². The summed E-state index contributed by atoms with van der Waals surface area (Å²) in [6.45, 7) is 5.88.